The van der Waals surface area contributed by atoms with Crippen LogP contribution in [-0.4, -0.2) is 35.4 Å². The molecular weight excluding hydrogens is 278 g/mol. The highest BCUT2D eigenvalue weighted by Gasteiger charge is 2.12. The molecule has 0 aliphatic heterocycles. The molecule has 0 atom stereocenters. The van der Waals surface area contributed by atoms with E-state index in [1.54, 1.807) is 13.2 Å². The number of aliphatic hydroxyl groups is 1. The summed E-state index contributed by atoms with van der Waals surface area (Å²) in [5.41, 5.74) is 3.03. The van der Waals surface area contributed by atoms with E-state index >= 15 is 0 Å². The zero-order valence-electron chi connectivity index (χ0n) is 13.1. The summed E-state index contributed by atoms with van der Waals surface area (Å²) in [6.07, 6.45) is 0. The van der Waals surface area contributed by atoms with E-state index in [2.05, 4.69) is 4.90 Å². The molecule has 2 aromatic rings. The Morgan fingerprint density at radius 1 is 1.05 bits per heavy atom. The summed E-state index contributed by atoms with van der Waals surface area (Å²) >= 11 is 0. The molecule has 0 heterocycles. The fraction of sp³-hybridized carbons (Fsp3) is 0.333. The molecule has 2 rings (SSSR count). The van der Waals surface area contributed by atoms with Crippen LogP contribution in [0.5, 0.6) is 11.5 Å². The molecule has 0 amide bonds. The molecule has 0 saturated carbocycles. The molecule has 22 heavy (non-hydrogen) atoms. The molecule has 0 aromatic heterocycles. The third-order valence-electron chi connectivity index (χ3n) is 3.63. The van der Waals surface area contributed by atoms with Crippen molar-refractivity contribution in [1.82, 2.24) is 4.90 Å². The van der Waals surface area contributed by atoms with Gasteiger partial charge in [-0.2, -0.15) is 0 Å². The number of hydrogen-bond donors (Lipinski definition) is 2. The topological polar surface area (TPSA) is 52.9 Å². The molecule has 2 aromatic carbocycles. The minimum atomic E-state index is 0.0712. The predicted octanol–water partition coefficient (Wildman–Crippen LogP) is 2.70. The Morgan fingerprint density at radius 3 is 2.50 bits per heavy atom. The number of para-hydroxylation sites is 1. The molecular formula is C18H23NO3. The van der Waals surface area contributed by atoms with Crippen LogP contribution in [0.15, 0.2) is 42.5 Å². The van der Waals surface area contributed by atoms with Crippen molar-refractivity contribution < 1.29 is 14.9 Å². The van der Waals surface area contributed by atoms with Crippen LogP contribution in [0.4, 0.5) is 0 Å². The first kappa shape index (κ1) is 16.3. The van der Waals surface area contributed by atoms with Crippen LogP contribution in [0.2, 0.25) is 0 Å². The van der Waals surface area contributed by atoms with Crippen molar-refractivity contribution in [1.29, 1.82) is 0 Å². The number of aromatic hydroxyl groups is 1. The monoisotopic (exact) mass is 301 g/mol. The third-order valence-corrected chi connectivity index (χ3v) is 3.63. The van der Waals surface area contributed by atoms with Crippen molar-refractivity contribution in [3.05, 3.63) is 59.2 Å². The van der Waals surface area contributed by atoms with Crippen molar-refractivity contribution in [3.8, 4) is 11.5 Å². The van der Waals surface area contributed by atoms with Crippen LogP contribution in [0.3, 0.4) is 0 Å². The summed E-state index contributed by atoms with van der Waals surface area (Å²) in [6.45, 7) is 3.83. The van der Waals surface area contributed by atoms with E-state index in [1.807, 2.05) is 43.3 Å². The molecule has 2 N–H and O–H groups in total. The Balaban J connectivity index is 2.17. The third kappa shape index (κ3) is 4.23. The Labute approximate surface area is 131 Å². The maximum absolute atomic E-state index is 10.0. The number of phenols is 1. The van der Waals surface area contributed by atoms with Crippen LogP contribution in [0.1, 0.15) is 16.7 Å². The molecule has 0 aliphatic carbocycles. The van der Waals surface area contributed by atoms with Crippen molar-refractivity contribution in [3.63, 3.8) is 0 Å². The molecule has 0 fully saturated rings. The van der Waals surface area contributed by atoms with E-state index in [0.717, 1.165) is 22.4 Å². The lowest BCUT2D eigenvalue weighted by atomic mass is 10.1. The lowest BCUT2D eigenvalue weighted by Crippen LogP contribution is -2.26. The molecule has 0 radical (unpaired) electrons. The maximum atomic E-state index is 10.0. The Hall–Kier alpha value is -2.04. The van der Waals surface area contributed by atoms with Crippen LogP contribution in [0, 0.1) is 6.92 Å². The van der Waals surface area contributed by atoms with Gasteiger partial charge in [0, 0.05) is 30.8 Å². The number of hydrogen-bond acceptors (Lipinski definition) is 4. The van der Waals surface area contributed by atoms with Gasteiger partial charge in [-0.25, -0.2) is 0 Å². The van der Waals surface area contributed by atoms with E-state index in [4.69, 9.17) is 4.74 Å². The summed E-state index contributed by atoms with van der Waals surface area (Å²) in [5.74, 6) is 1.12. The summed E-state index contributed by atoms with van der Waals surface area (Å²) in [6, 6.07) is 13.4. The van der Waals surface area contributed by atoms with Gasteiger partial charge >= 0.3 is 0 Å². The maximum Gasteiger partial charge on any atom is 0.123 e. The summed E-state index contributed by atoms with van der Waals surface area (Å²) in [4.78, 5) is 2.09. The Kier molecular flexibility index (Phi) is 5.81. The quantitative estimate of drug-likeness (QED) is 0.825. The largest absolute Gasteiger partial charge is 0.508 e. The lowest BCUT2D eigenvalue weighted by molar-refractivity contribution is 0.181. The van der Waals surface area contributed by atoms with Crippen molar-refractivity contribution >= 4 is 0 Å². The van der Waals surface area contributed by atoms with Gasteiger partial charge in [0.05, 0.1) is 13.7 Å². The number of aliphatic hydroxyl groups excluding tert-OH is 1. The highest BCUT2D eigenvalue weighted by Crippen LogP contribution is 2.23. The number of methoxy groups -OCH3 is 1. The molecule has 0 unspecified atom stereocenters. The number of benzene rings is 2. The first-order chi connectivity index (χ1) is 10.6. The average molecular weight is 301 g/mol. The van der Waals surface area contributed by atoms with Gasteiger partial charge in [0.25, 0.3) is 0 Å². The van der Waals surface area contributed by atoms with E-state index in [0.29, 0.717) is 19.6 Å². The van der Waals surface area contributed by atoms with Crippen molar-refractivity contribution in [2.45, 2.75) is 20.0 Å². The number of phenolic OH excluding ortho intramolecular Hbond substituents is 1. The molecule has 0 spiro atoms. The van der Waals surface area contributed by atoms with E-state index in [1.165, 1.54) is 0 Å². The highest BCUT2D eigenvalue weighted by molar-refractivity contribution is 5.36. The van der Waals surface area contributed by atoms with Gasteiger partial charge in [0.1, 0.15) is 11.5 Å². The van der Waals surface area contributed by atoms with Gasteiger partial charge in [-0.15, -0.1) is 0 Å². The van der Waals surface area contributed by atoms with Crippen molar-refractivity contribution in [2.24, 2.45) is 0 Å². The van der Waals surface area contributed by atoms with E-state index in [-0.39, 0.29) is 12.4 Å². The molecule has 0 saturated heterocycles. The second-order valence-corrected chi connectivity index (χ2v) is 5.38. The Bertz CT molecular complexity index is 613. The highest BCUT2D eigenvalue weighted by atomic mass is 16.5. The summed E-state index contributed by atoms with van der Waals surface area (Å²) in [5, 5.41) is 19.3. The summed E-state index contributed by atoms with van der Waals surface area (Å²) in [7, 11) is 1.65. The molecule has 0 bridgehead atoms. The summed E-state index contributed by atoms with van der Waals surface area (Å²) < 4.78 is 5.38. The average Bonchev–Trinajstić information content (AvgIpc) is 2.51. The second kappa shape index (κ2) is 7.82. The smallest absolute Gasteiger partial charge is 0.123 e. The van der Waals surface area contributed by atoms with Gasteiger partial charge in [0.2, 0.25) is 0 Å². The number of ether oxygens (including phenoxy) is 1. The predicted molar refractivity (Wildman–Crippen MR) is 87.0 cm³/mol. The lowest BCUT2D eigenvalue weighted by Gasteiger charge is -2.23. The van der Waals surface area contributed by atoms with E-state index in [9.17, 15) is 10.2 Å². The van der Waals surface area contributed by atoms with Gasteiger partial charge < -0.3 is 14.9 Å². The fourth-order valence-corrected chi connectivity index (χ4v) is 2.51. The van der Waals surface area contributed by atoms with Gasteiger partial charge in [-0.3, -0.25) is 4.90 Å². The zero-order chi connectivity index (χ0) is 15.9. The van der Waals surface area contributed by atoms with Crippen LogP contribution in [0.25, 0.3) is 0 Å². The second-order valence-electron chi connectivity index (χ2n) is 5.38. The first-order valence-corrected chi connectivity index (χ1v) is 7.37. The number of rotatable bonds is 7. The standard InChI is InChI=1S/C18H23NO3/c1-14-7-8-17(21)16(11-14)13-19(9-10-20)12-15-5-3-4-6-18(15)22-2/h3-8,11,20-21H,9-10,12-13H2,1-2H3. The van der Waals surface area contributed by atoms with Crippen LogP contribution >= 0.6 is 0 Å². The SMILES string of the molecule is COc1ccccc1CN(CCO)Cc1cc(C)ccc1O. The minimum absolute atomic E-state index is 0.0712. The van der Waals surface area contributed by atoms with Gasteiger partial charge in [-0.1, -0.05) is 35.9 Å². The fourth-order valence-electron chi connectivity index (χ4n) is 2.51. The minimum Gasteiger partial charge on any atom is -0.508 e. The van der Waals surface area contributed by atoms with Gasteiger partial charge in [0.15, 0.2) is 0 Å². The molecule has 0 aliphatic rings. The van der Waals surface area contributed by atoms with Gasteiger partial charge in [-0.05, 0) is 19.1 Å². The van der Waals surface area contributed by atoms with E-state index < -0.39 is 0 Å². The Morgan fingerprint density at radius 2 is 1.77 bits per heavy atom. The van der Waals surface area contributed by atoms with Crippen LogP contribution in [-0.2, 0) is 13.1 Å². The zero-order valence-corrected chi connectivity index (χ0v) is 13.1. The molecule has 4 nitrogen and oxygen atoms in total. The normalized spacial score (nSPS) is 10.9. The molecule has 4 heteroatoms. The van der Waals surface area contributed by atoms with Crippen molar-refractivity contribution in [2.75, 3.05) is 20.3 Å². The first-order valence-electron chi connectivity index (χ1n) is 7.37. The number of aryl methyl sites for hydroxylation is 1. The number of nitrogens with zero attached hydrogens (tertiary/aromatic N) is 1. The van der Waals surface area contributed by atoms with Crippen LogP contribution < -0.4 is 4.74 Å². The molecule has 118 valence electrons.